The van der Waals surface area contributed by atoms with Crippen LogP contribution in [0, 0.1) is 0 Å². The highest BCUT2D eigenvalue weighted by atomic mass is 15.1. The SMILES string of the molecule is [3H]c1cc(C(C)C)c2cn[nH]c2c1.[3H]c1ccc(C(C)C)c2cn[nH]c12.[3H]c1ccc2[nH]ncc2c1C(C)C.[3H]c1n[nH]c2cccc(C(C)C)c12.[3H]n1ncc2c(C(C)C)cccc21. The highest BCUT2D eigenvalue weighted by Crippen LogP contribution is 2.27. The zero-order valence-corrected chi connectivity index (χ0v) is 36.3. The molecule has 0 saturated heterocycles. The molecule has 0 radical (unpaired) electrons. The highest BCUT2D eigenvalue weighted by molar-refractivity contribution is 5.84. The molecule has 0 atom stereocenters. The summed E-state index contributed by atoms with van der Waals surface area (Å²) in [5, 5.41) is 37.7. The molecule has 0 unspecified atom stereocenters. The minimum absolute atomic E-state index is 0.347. The van der Waals surface area contributed by atoms with Gasteiger partial charge in [-0.1, -0.05) is 130 Å². The number of nitrogens with zero attached hydrogens (tertiary/aromatic N) is 5. The molecule has 0 amide bonds. The maximum absolute atomic E-state index is 7.78. The number of rotatable bonds is 5. The van der Waals surface area contributed by atoms with Crippen molar-refractivity contribution >= 4 is 54.5 Å². The van der Waals surface area contributed by atoms with Gasteiger partial charge >= 0.3 is 0 Å². The predicted molar refractivity (Wildman–Crippen MR) is 251 cm³/mol. The van der Waals surface area contributed by atoms with Crippen molar-refractivity contribution in [3.63, 3.8) is 0 Å². The van der Waals surface area contributed by atoms with Crippen molar-refractivity contribution in [2.45, 2.75) is 98.8 Å². The molecule has 0 fully saturated rings. The third kappa shape index (κ3) is 10.2. The summed E-state index contributed by atoms with van der Waals surface area (Å²) in [6.45, 7) is 21.3. The van der Waals surface area contributed by atoms with Gasteiger partial charge in [-0.3, -0.25) is 25.5 Å². The average molecular weight is 811 g/mol. The summed E-state index contributed by atoms with van der Waals surface area (Å²) in [5.74, 6) is 2.19. The van der Waals surface area contributed by atoms with Crippen LogP contribution in [0.15, 0.2) is 122 Å². The fraction of sp³-hybridized carbons (Fsp3) is 0.300. The minimum Gasteiger partial charge on any atom is -0.278 e. The van der Waals surface area contributed by atoms with Crippen LogP contribution in [0.3, 0.4) is 0 Å². The lowest BCUT2D eigenvalue weighted by atomic mass is 10.00. The largest absolute Gasteiger partial charge is 0.278 e. The minimum atomic E-state index is 0.347. The Bertz CT molecular complexity index is 3110. The Balaban J connectivity index is 0.000000135. The highest BCUT2D eigenvalue weighted by Gasteiger charge is 2.08. The zero-order chi connectivity index (χ0) is 47.1. The van der Waals surface area contributed by atoms with Crippen LogP contribution < -0.4 is 0 Å². The second-order valence-corrected chi connectivity index (χ2v) is 16.3. The Morgan fingerprint density at radius 3 is 1.40 bits per heavy atom. The molecule has 5 aromatic heterocycles. The lowest BCUT2D eigenvalue weighted by Crippen LogP contribution is -1.86. The molecule has 0 aliphatic heterocycles. The number of benzene rings is 5. The van der Waals surface area contributed by atoms with Crippen molar-refractivity contribution in [3.05, 3.63) is 150 Å². The van der Waals surface area contributed by atoms with E-state index in [1.54, 1.807) is 24.7 Å². The van der Waals surface area contributed by atoms with E-state index in [9.17, 15) is 0 Å². The zero-order valence-electron chi connectivity index (χ0n) is 41.3. The maximum Gasteiger partial charge on any atom is 0.190 e. The Hall–Kier alpha value is -6.55. The first-order chi connectivity index (χ1) is 31.0. The molecule has 5 N–H and O–H groups in total. The molecule has 5 aromatic carbocycles. The number of hydrogen-bond donors (Lipinski definition) is 5. The summed E-state index contributed by atoms with van der Waals surface area (Å²) < 4.78 is 38.2. The standard InChI is InChI=1S/5C10H12N2/c5*1-7(2)8-4-3-5-10-9(8)6-11-12-10/h5*3-7H,1-2H3,(H,11,12)/i6T;5T;4T;3T;/hT. The second kappa shape index (κ2) is 19.9. The molecular formula is C50H60N10. The van der Waals surface area contributed by atoms with Gasteiger partial charge in [0.25, 0.3) is 0 Å². The summed E-state index contributed by atoms with van der Waals surface area (Å²) in [6.07, 6.45) is 7.52. The van der Waals surface area contributed by atoms with Crippen molar-refractivity contribution in [1.29, 1.82) is 0 Å². The van der Waals surface area contributed by atoms with Gasteiger partial charge in [-0.05, 0) is 87.7 Å². The lowest BCUT2D eigenvalue weighted by molar-refractivity contribution is 0.876. The van der Waals surface area contributed by atoms with Crippen LogP contribution in [-0.4, -0.2) is 51.0 Å². The van der Waals surface area contributed by atoms with Gasteiger partial charge in [0.1, 0.15) is 0 Å². The summed E-state index contributed by atoms with van der Waals surface area (Å²) in [6, 6.07) is 24.9. The molecule has 0 aliphatic carbocycles. The van der Waals surface area contributed by atoms with Crippen LogP contribution in [0.25, 0.3) is 54.5 Å². The average Bonchev–Trinajstić information content (AvgIpc) is 4.13. The van der Waals surface area contributed by atoms with Gasteiger partial charge < -0.3 is 0 Å². The van der Waals surface area contributed by atoms with E-state index >= 15 is 0 Å². The van der Waals surface area contributed by atoms with Crippen LogP contribution in [0.5, 0.6) is 0 Å². The van der Waals surface area contributed by atoms with E-state index in [1.165, 1.54) is 27.3 Å². The topological polar surface area (TPSA) is 143 Å². The van der Waals surface area contributed by atoms with E-state index < -0.39 is 0 Å². The van der Waals surface area contributed by atoms with E-state index in [0.717, 1.165) is 60.1 Å². The number of aromatic nitrogens is 10. The van der Waals surface area contributed by atoms with Gasteiger partial charge in [-0.2, -0.15) is 25.5 Å². The molecule has 310 valence electrons. The lowest BCUT2D eigenvalue weighted by Gasteiger charge is -2.05. The number of hydrogen-bond acceptors (Lipinski definition) is 5. The first kappa shape index (κ1) is 36.5. The first-order valence-corrected chi connectivity index (χ1v) is 20.7. The molecule has 0 aliphatic rings. The number of fused-ring (bicyclic) bond motifs is 5. The van der Waals surface area contributed by atoms with Crippen LogP contribution >= 0.6 is 0 Å². The van der Waals surface area contributed by atoms with Crippen LogP contribution in [0.1, 0.15) is 132 Å². The molecule has 0 saturated carbocycles. The monoisotopic (exact) mass is 811 g/mol. The molecule has 5 heterocycles. The van der Waals surface area contributed by atoms with Crippen LogP contribution in [-0.2, 0) is 0 Å². The molecule has 10 nitrogen and oxygen atoms in total. The van der Waals surface area contributed by atoms with Crippen LogP contribution in [0.2, 0.25) is 1.41 Å². The Labute approximate surface area is 360 Å². The number of nitrogens with one attached hydrogen (secondary N) is 5. The second-order valence-electron chi connectivity index (χ2n) is 16.3. The van der Waals surface area contributed by atoms with E-state index in [0.29, 0.717) is 53.9 Å². The normalized spacial score (nSPS) is 12.4. The van der Waals surface area contributed by atoms with E-state index in [2.05, 4.69) is 127 Å². The number of aromatic amines is 5. The van der Waals surface area contributed by atoms with Crippen molar-refractivity contribution in [2.75, 3.05) is 0 Å². The Morgan fingerprint density at radius 1 is 0.383 bits per heavy atom. The quantitative estimate of drug-likeness (QED) is 0.118. The summed E-state index contributed by atoms with van der Waals surface area (Å²) in [4.78, 5) is 0. The Kier molecular flexibility index (Phi) is 12.1. The van der Waals surface area contributed by atoms with Crippen molar-refractivity contribution < 1.29 is 6.89 Å². The third-order valence-corrected chi connectivity index (χ3v) is 10.3. The Morgan fingerprint density at radius 2 is 0.783 bits per heavy atom. The summed E-state index contributed by atoms with van der Waals surface area (Å²) >= 11 is 0. The third-order valence-electron chi connectivity index (χ3n) is 10.3. The van der Waals surface area contributed by atoms with Crippen molar-refractivity contribution in [2.24, 2.45) is 0 Å². The molecule has 10 rings (SSSR count). The maximum atomic E-state index is 7.78. The summed E-state index contributed by atoms with van der Waals surface area (Å²) in [7, 11) is 0. The molecule has 0 bridgehead atoms. The van der Waals surface area contributed by atoms with Crippen molar-refractivity contribution in [1.82, 2.24) is 51.0 Å². The molecule has 10 heteroatoms. The van der Waals surface area contributed by atoms with Gasteiger partial charge in [0.05, 0.1) is 64.0 Å². The van der Waals surface area contributed by atoms with E-state index in [1.807, 2.05) is 60.8 Å². The van der Waals surface area contributed by atoms with Gasteiger partial charge in [0, 0.05) is 26.9 Å². The number of H-pyrrole nitrogens is 5. The predicted octanol–water partition coefficient (Wildman–Crippen LogP) is 13.4. The van der Waals surface area contributed by atoms with Gasteiger partial charge in [-0.25, -0.2) is 0 Å². The fourth-order valence-electron chi connectivity index (χ4n) is 7.10. The smallest absolute Gasteiger partial charge is 0.190 e. The molecule has 0 spiro atoms. The van der Waals surface area contributed by atoms with Gasteiger partial charge in [0.2, 0.25) is 0 Å². The fourth-order valence-corrected chi connectivity index (χ4v) is 7.10. The van der Waals surface area contributed by atoms with Crippen LogP contribution in [0.4, 0.5) is 0 Å². The molecular weight excluding hydrogens is 741 g/mol. The van der Waals surface area contributed by atoms with Gasteiger partial charge in [0.15, 0.2) is 1.41 Å². The molecule has 60 heavy (non-hydrogen) atoms. The first-order valence-electron chi connectivity index (χ1n) is 23.1. The molecule has 10 aromatic rings. The summed E-state index contributed by atoms with van der Waals surface area (Å²) in [5.41, 5.74) is 10.6. The van der Waals surface area contributed by atoms with Gasteiger partial charge in [-0.15, -0.1) is 0 Å². The van der Waals surface area contributed by atoms with Crippen molar-refractivity contribution in [3.8, 4) is 0 Å². The van der Waals surface area contributed by atoms with E-state index in [4.69, 9.17) is 6.89 Å². The van der Waals surface area contributed by atoms with E-state index in [-0.39, 0.29) is 0 Å².